The summed E-state index contributed by atoms with van der Waals surface area (Å²) < 4.78 is 50.1. The Kier molecular flexibility index (Phi) is 6.91. The molecular weight excluding hydrogens is 523 g/mol. The van der Waals surface area contributed by atoms with Crippen LogP contribution in [-0.2, 0) is 0 Å². The van der Waals surface area contributed by atoms with Crippen LogP contribution in [0.4, 0.5) is 24.8 Å². The van der Waals surface area contributed by atoms with Gasteiger partial charge in [-0.3, -0.25) is 14.8 Å². The van der Waals surface area contributed by atoms with Gasteiger partial charge in [-0.15, -0.1) is 0 Å². The molecule has 0 aliphatic rings. The summed E-state index contributed by atoms with van der Waals surface area (Å²) in [4.78, 5) is 26.2. The number of nitrogens with one attached hydrogen (secondary N) is 2. The van der Waals surface area contributed by atoms with Crippen LogP contribution in [0.2, 0.25) is 0 Å². The highest BCUT2D eigenvalue weighted by atomic mass is 19.2. The van der Waals surface area contributed by atoms with Crippen molar-refractivity contribution in [3.8, 4) is 11.4 Å². The van der Waals surface area contributed by atoms with Crippen LogP contribution in [0.25, 0.3) is 16.6 Å². The molecule has 0 radical (unpaired) electrons. The molecule has 5 aromatic rings. The Labute approximate surface area is 225 Å². The highest BCUT2D eigenvalue weighted by Gasteiger charge is 2.25. The first-order chi connectivity index (χ1) is 19.2. The molecule has 202 valence electrons. The topological polar surface area (TPSA) is 132 Å². The molecule has 40 heavy (non-hydrogen) atoms. The number of rotatable bonds is 7. The van der Waals surface area contributed by atoms with Crippen molar-refractivity contribution < 1.29 is 17.9 Å². The van der Waals surface area contributed by atoms with Gasteiger partial charge in [-0.05, 0) is 43.3 Å². The van der Waals surface area contributed by atoms with E-state index in [9.17, 15) is 18.0 Å². The lowest BCUT2D eigenvalue weighted by molar-refractivity contribution is 0.371. The SMILES string of the molecule is COc1ccc(C(=N)c2c(N)ncnc2N[C@H](C)c2nc3cccc(F)c3c(=O)n2-c2ccccc2)c(F)c1F. The number of nitrogens with two attached hydrogens (primary N) is 1. The number of methoxy groups -OCH3 is 1. The molecule has 0 fully saturated rings. The summed E-state index contributed by atoms with van der Waals surface area (Å²) >= 11 is 0. The van der Waals surface area contributed by atoms with E-state index in [0.717, 1.165) is 6.33 Å². The summed E-state index contributed by atoms with van der Waals surface area (Å²) in [5.74, 6) is -3.56. The number of halogens is 3. The molecule has 4 N–H and O–H groups in total. The number of ether oxygens (including phenoxy) is 1. The molecule has 0 bridgehead atoms. The van der Waals surface area contributed by atoms with E-state index in [0.29, 0.717) is 5.69 Å². The number of nitrogens with zero attached hydrogens (tertiary/aromatic N) is 4. The average Bonchev–Trinajstić information content (AvgIpc) is 2.94. The van der Waals surface area contributed by atoms with Crippen LogP contribution >= 0.6 is 0 Å². The molecule has 0 aliphatic heterocycles. The fourth-order valence-corrected chi connectivity index (χ4v) is 4.37. The second-order valence-corrected chi connectivity index (χ2v) is 8.75. The van der Waals surface area contributed by atoms with Gasteiger partial charge in [-0.1, -0.05) is 24.3 Å². The van der Waals surface area contributed by atoms with E-state index in [2.05, 4.69) is 20.3 Å². The van der Waals surface area contributed by atoms with Crippen LogP contribution in [-0.4, -0.2) is 32.3 Å². The Hall–Kier alpha value is -5.26. The lowest BCUT2D eigenvalue weighted by Crippen LogP contribution is -2.28. The van der Waals surface area contributed by atoms with E-state index in [1.54, 1.807) is 37.3 Å². The summed E-state index contributed by atoms with van der Waals surface area (Å²) in [5, 5.41) is 11.5. The van der Waals surface area contributed by atoms with E-state index < -0.39 is 40.3 Å². The largest absolute Gasteiger partial charge is 0.494 e. The minimum Gasteiger partial charge on any atom is -0.494 e. The lowest BCUT2D eigenvalue weighted by Gasteiger charge is -2.22. The Bertz CT molecular complexity index is 1830. The molecular formula is C28H22F3N7O2. The van der Waals surface area contributed by atoms with Gasteiger partial charge in [0.2, 0.25) is 5.82 Å². The molecule has 5 rings (SSSR count). The third kappa shape index (κ3) is 4.49. The van der Waals surface area contributed by atoms with Crippen molar-refractivity contribution in [2.24, 2.45) is 0 Å². The smallest absolute Gasteiger partial charge is 0.269 e. The molecule has 0 spiro atoms. The highest BCUT2D eigenvalue weighted by molar-refractivity contribution is 6.16. The first kappa shape index (κ1) is 26.4. The summed E-state index contributed by atoms with van der Waals surface area (Å²) in [5.41, 5.74) is 5.06. The summed E-state index contributed by atoms with van der Waals surface area (Å²) in [7, 11) is 1.19. The van der Waals surface area contributed by atoms with Crippen LogP contribution < -0.4 is 21.3 Å². The standard InChI is InChI=1S/C28H22F3N7O2/c1-14(27-37-18-10-6-9-17(29)20(18)28(39)38(27)15-7-4-3-5-8-15)36-26-21(25(33)34-13-35-26)24(32)16-11-12-19(40-2)23(31)22(16)30/h3-14,32H,1-2H3,(H3,33,34,35,36)/t14-/m1/s1. The third-order valence-corrected chi connectivity index (χ3v) is 6.29. The van der Waals surface area contributed by atoms with Crippen molar-refractivity contribution >= 4 is 28.3 Å². The predicted octanol–water partition coefficient (Wildman–Crippen LogP) is 4.77. The van der Waals surface area contributed by atoms with Gasteiger partial charge < -0.3 is 15.8 Å². The van der Waals surface area contributed by atoms with E-state index in [1.165, 1.54) is 42.0 Å². The van der Waals surface area contributed by atoms with E-state index in [4.69, 9.17) is 15.9 Å². The molecule has 0 saturated heterocycles. The average molecular weight is 546 g/mol. The van der Waals surface area contributed by atoms with Gasteiger partial charge >= 0.3 is 0 Å². The molecule has 0 amide bonds. The van der Waals surface area contributed by atoms with Gasteiger partial charge in [0.15, 0.2) is 11.6 Å². The van der Waals surface area contributed by atoms with Crippen LogP contribution in [0, 0.1) is 22.9 Å². The van der Waals surface area contributed by atoms with Crippen molar-refractivity contribution in [3.05, 3.63) is 112 Å². The van der Waals surface area contributed by atoms with Gasteiger partial charge in [0.1, 0.15) is 35.0 Å². The third-order valence-electron chi connectivity index (χ3n) is 6.29. The quantitative estimate of drug-likeness (QED) is 0.251. The summed E-state index contributed by atoms with van der Waals surface area (Å²) in [6.45, 7) is 1.67. The number of fused-ring (bicyclic) bond motifs is 1. The number of para-hydroxylation sites is 1. The van der Waals surface area contributed by atoms with E-state index in [1.807, 2.05) is 0 Å². The van der Waals surface area contributed by atoms with Gasteiger partial charge in [-0.2, -0.15) is 4.39 Å². The summed E-state index contributed by atoms with van der Waals surface area (Å²) in [6.07, 6.45) is 1.14. The van der Waals surface area contributed by atoms with E-state index >= 15 is 0 Å². The minimum absolute atomic E-state index is 0.00817. The Morgan fingerprint density at radius 1 is 1.02 bits per heavy atom. The number of hydrogen-bond donors (Lipinski definition) is 3. The number of anilines is 2. The second-order valence-electron chi connectivity index (χ2n) is 8.75. The Morgan fingerprint density at radius 3 is 2.50 bits per heavy atom. The van der Waals surface area contributed by atoms with Gasteiger partial charge in [0.05, 0.1) is 35.6 Å². The van der Waals surface area contributed by atoms with Crippen LogP contribution in [0.15, 0.2) is 71.8 Å². The summed E-state index contributed by atoms with van der Waals surface area (Å²) in [6, 6.07) is 14.3. The van der Waals surface area contributed by atoms with Gasteiger partial charge in [0.25, 0.3) is 5.56 Å². The fraction of sp³-hybridized carbons (Fsp3) is 0.107. The number of benzene rings is 3. The maximum atomic E-state index is 14.9. The molecule has 2 heterocycles. The predicted molar refractivity (Wildman–Crippen MR) is 145 cm³/mol. The lowest BCUT2D eigenvalue weighted by atomic mass is 10.0. The number of nitrogen functional groups attached to an aromatic ring is 1. The monoisotopic (exact) mass is 545 g/mol. The molecule has 3 aromatic carbocycles. The first-order valence-electron chi connectivity index (χ1n) is 12.0. The number of hydrogen-bond acceptors (Lipinski definition) is 8. The van der Waals surface area contributed by atoms with Crippen molar-refractivity contribution in [1.82, 2.24) is 19.5 Å². The Morgan fingerprint density at radius 2 is 1.77 bits per heavy atom. The highest BCUT2D eigenvalue weighted by Crippen LogP contribution is 2.29. The molecule has 12 heteroatoms. The zero-order valence-corrected chi connectivity index (χ0v) is 21.2. The molecule has 2 aromatic heterocycles. The van der Waals surface area contributed by atoms with Gasteiger partial charge in [-0.25, -0.2) is 23.7 Å². The van der Waals surface area contributed by atoms with Crippen LogP contribution in [0.5, 0.6) is 5.75 Å². The fourth-order valence-electron chi connectivity index (χ4n) is 4.37. The number of aromatic nitrogens is 4. The maximum Gasteiger partial charge on any atom is 0.269 e. The first-order valence-corrected chi connectivity index (χ1v) is 12.0. The normalized spacial score (nSPS) is 11.8. The zero-order valence-electron chi connectivity index (χ0n) is 21.2. The minimum atomic E-state index is -1.30. The second kappa shape index (κ2) is 10.5. The van der Waals surface area contributed by atoms with Gasteiger partial charge in [0, 0.05) is 5.56 Å². The molecule has 1 atom stereocenters. The molecule has 0 unspecified atom stereocenters. The molecule has 0 aliphatic carbocycles. The maximum absolute atomic E-state index is 14.9. The van der Waals surface area contributed by atoms with Crippen molar-refractivity contribution in [1.29, 1.82) is 5.41 Å². The zero-order chi connectivity index (χ0) is 28.6. The molecule has 0 saturated carbocycles. The Balaban J connectivity index is 1.63. The van der Waals surface area contributed by atoms with Crippen LogP contribution in [0.1, 0.15) is 29.9 Å². The molecule has 9 nitrogen and oxygen atoms in total. The van der Waals surface area contributed by atoms with Crippen molar-refractivity contribution in [3.63, 3.8) is 0 Å². The van der Waals surface area contributed by atoms with E-state index in [-0.39, 0.29) is 39.7 Å². The van der Waals surface area contributed by atoms with Crippen molar-refractivity contribution in [2.75, 3.05) is 18.2 Å². The van der Waals surface area contributed by atoms with Crippen molar-refractivity contribution in [2.45, 2.75) is 13.0 Å². The van der Waals surface area contributed by atoms with Crippen LogP contribution in [0.3, 0.4) is 0 Å².